The second-order valence-electron chi connectivity index (χ2n) is 4.36. The van der Waals surface area contributed by atoms with E-state index >= 15 is 0 Å². The maximum atomic E-state index is 12.2. The van der Waals surface area contributed by atoms with Gasteiger partial charge in [-0.05, 0) is 18.6 Å². The van der Waals surface area contributed by atoms with E-state index < -0.39 is 5.97 Å². The highest BCUT2D eigenvalue weighted by atomic mass is 32.1. The van der Waals surface area contributed by atoms with E-state index in [0.717, 1.165) is 10.4 Å². The zero-order valence-corrected chi connectivity index (χ0v) is 13.2. The highest BCUT2D eigenvalue weighted by molar-refractivity contribution is 7.17. The lowest BCUT2D eigenvalue weighted by molar-refractivity contribution is -0.139. The van der Waals surface area contributed by atoms with Crippen molar-refractivity contribution in [3.63, 3.8) is 0 Å². The highest BCUT2D eigenvalue weighted by Gasteiger charge is 2.19. The van der Waals surface area contributed by atoms with Gasteiger partial charge in [0, 0.05) is 4.88 Å². The van der Waals surface area contributed by atoms with E-state index in [2.05, 4.69) is 10.1 Å². The van der Waals surface area contributed by atoms with Crippen molar-refractivity contribution in [3.05, 3.63) is 41.3 Å². The molecule has 0 fully saturated rings. The molecule has 2 rings (SSSR count). The predicted octanol–water partition coefficient (Wildman–Crippen LogP) is 2.72. The summed E-state index contributed by atoms with van der Waals surface area (Å²) >= 11 is 1.33. The lowest BCUT2D eigenvalue weighted by Crippen LogP contribution is -2.29. The van der Waals surface area contributed by atoms with Crippen LogP contribution in [0.15, 0.2) is 36.4 Å². The van der Waals surface area contributed by atoms with E-state index in [1.165, 1.54) is 18.4 Å². The largest absolute Gasteiger partial charge is 0.492 e. The molecule has 0 aliphatic heterocycles. The van der Waals surface area contributed by atoms with Gasteiger partial charge >= 0.3 is 5.97 Å². The Labute approximate surface area is 132 Å². The minimum atomic E-state index is -0.494. The number of hydrogen-bond donors (Lipinski definition) is 1. The first-order chi connectivity index (χ1) is 10.7. The van der Waals surface area contributed by atoms with E-state index in [9.17, 15) is 9.59 Å². The highest BCUT2D eigenvalue weighted by Crippen LogP contribution is 2.36. The molecule has 22 heavy (non-hydrogen) atoms. The van der Waals surface area contributed by atoms with Crippen LogP contribution < -0.4 is 10.1 Å². The number of amides is 1. The van der Waals surface area contributed by atoms with Gasteiger partial charge in [0.25, 0.3) is 5.91 Å². The van der Waals surface area contributed by atoms with Crippen LogP contribution in [0.25, 0.3) is 10.4 Å². The summed E-state index contributed by atoms with van der Waals surface area (Å²) in [6.07, 6.45) is 0. The fourth-order valence-electron chi connectivity index (χ4n) is 1.84. The van der Waals surface area contributed by atoms with Gasteiger partial charge in [0.15, 0.2) is 0 Å². The summed E-state index contributed by atoms with van der Waals surface area (Å²) in [7, 11) is 1.28. The van der Waals surface area contributed by atoms with Gasteiger partial charge in [0.1, 0.15) is 17.2 Å². The molecule has 2 aromatic rings. The quantitative estimate of drug-likeness (QED) is 0.832. The molecule has 1 amide bonds. The molecule has 0 bridgehead atoms. The van der Waals surface area contributed by atoms with Crippen molar-refractivity contribution in [3.8, 4) is 16.2 Å². The van der Waals surface area contributed by atoms with Gasteiger partial charge in [0.05, 0.1) is 13.7 Å². The first-order valence-electron chi connectivity index (χ1n) is 6.82. The van der Waals surface area contributed by atoms with Crippen LogP contribution in [0.2, 0.25) is 0 Å². The normalized spacial score (nSPS) is 10.1. The number of ether oxygens (including phenoxy) is 2. The number of thiophene rings is 1. The summed E-state index contributed by atoms with van der Waals surface area (Å²) in [6, 6.07) is 11.6. The third-order valence-corrected chi connectivity index (χ3v) is 4.05. The van der Waals surface area contributed by atoms with Crippen molar-refractivity contribution < 1.29 is 19.1 Å². The lowest BCUT2D eigenvalue weighted by atomic mass is 10.2. The molecule has 0 aliphatic rings. The Morgan fingerprint density at radius 2 is 1.95 bits per heavy atom. The molecule has 5 nitrogen and oxygen atoms in total. The van der Waals surface area contributed by atoms with Gasteiger partial charge < -0.3 is 14.8 Å². The second kappa shape index (κ2) is 7.61. The van der Waals surface area contributed by atoms with Crippen LogP contribution in [0.5, 0.6) is 5.75 Å². The van der Waals surface area contributed by atoms with Crippen LogP contribution in [0.4, 0.5) is 0 Å². The van der Waals surface area contributed by atoms with Gasteiger partial charge in [-0.15, -0.1) is 11.3 Å². The Balaban J connectivity index is 2.24. The maximum Gasteiger partial charge on any atom is 0.325 e. The molecule has 116 valence electrons. The predicted molar refractivity (Wildman–Crippen MR) is 85.3 cm³/mol. The summed E-state index contributed by atoms with van der Waals surface area (Å²) in [5, 5.41) is 2.53. The monoisotopic (exact) mass is 319 g/mol. The number of carbonyl (C=O) groups excluding carboxylic acids is 2. The van der Waals surface area contributed by atoms with E-state index in [0.29, 0.717) is 17.2 Å². The van der Waals surface area contributed by atoms with Crippen molar-refractivity contribution in [2.24, 2.45) is 0 Å². The second-order valence-corrected chi connectivity index (χ2v) is 5.41. The Hall–Kier alpha value is -2.34. The zero-order chi connectivity index (χ0) is 15.9. The van der Waals surface area contributed by atoms with Crippen molar-refractivity contribution in [1.29, 1.82) is 0 Å². The van der Waals surface area contributed by atoms with Gasteiger partial charge in [-0.2, -0.15) is 0 Å². The average molecular weight is 319 g/mol. The van der Waals surface area contributed by atoms with Gasteiger partial charge in [-0.1, -0.05) is 30.3 Å². The SMILES string of the molecule is CCOc1cc(-c2ccccc2)sc1C(=O)NCC(=O)OC. The fraction of sp³-hybridized carbons (Fsp3) is 0.250. The van der Waals surface area contributed by atoms with E-state index in [-0.39, 0.29) is 12.5 Å². The molecule has 0 saturated carbocycles. The molecule has 1 N–H and O–H groups in total. The third kappa shape index (κ3) is 3.85. The van der Waals surface area contributed by atoms with E-state index in [1.54, 1.807) is 0 Å². The molecular weight excluding hydrogens is 302 g/mol. The fourth-order valence-corrected chi connectivity index (χ4v) is 2.87. The molecule has 1 heterocycles. The van der Waals surface area contributed by atoms with Crippen molar-refractivity contribution >= 4 is 23.2 Å². The number of benzene rings is 1. The molecule has 6 heteroatoms. The van der Waals surface area contributed by atoms with Crippen molar-refractivity contribution in [2.45, 2.75) is 6.92 Å². The van der Waals surface area contributed by atoms with Crippen molar-refractivity contribution in [1.82, 2.24) is 5.32 Å². The van der Waals surface area contributed by atoms with Crippen LogP contribution >= 0.6 is 11.3 Å². The van der Waals surface area contributed by atoms with Gasteiger partial charge in [0.2, 0.25) is 0 Å². The molecule has 1 aromatic carbocycles. The number of esters is 1. The smallest absolute Gasteiger partial charge is 0.325 e. The van der Waals surface area contributed by atoms with Crippen molar-refractivity contribution in [2.75, 3.05) is 20.3 Å². The molecule has 0 aliphatic carbocycles. The topological polar surface area (TPSA) is 64.6 Å². The molecule has 0 radical (unpaired) electrons. The summed E-state index contributed by atoms with van der Waals surface area (Å²) in [5.41, 5.74) is 1.01. The molecule has 0 unspecified atom stereocenters. The number of hydrogen-bond acceptors (Lipinski definition) is 5. The Kier molecular flexibility index (Phi) is 5.55. The molecule has 0 atom stereocenters. The first-order valence-corrected chi connectivity index (χ1v) is 7.64. The molecule has 0 saturated heterocycles. The Morgan fingerprint density at radius 1 is 1.23 bits per heavy atom. The summed E-state index contributed by atoms with van der Waals surface area (Å²) < 4.78 is 10.0. The minimum absolute atomic E-state index is 0.167. The zero-order valence-electron chi connectivity index (χ0n) is 12.4. The van der Waals surface area contributed by atoms with Crippen LogP contribution in [-0.4, -0.2) is 32.1 Å². The maximum absolute atomic E-state index is 12.2. The molecule has 1 aromatic heterocycles. The number of nitrogens with one attached hydrogen (secondary N) is 1. The third-order valence-electron chi connectivity index (χ3n) is 2.88. The van der Waals surface area contributed by atoms with Gasteiger partial charge in [-0.25, -0.2) is 0 Å². The molecule has 0 spiro atoms. The minimum Gasteiger partial charge on any atom is -0.492 e. The van der Waals surface area contributed by atoms with Crippen LogP contribution in [0.3, 0.4) is 0 Å². The van der Waals surface area contributed by atoms with E-state index in [4.69, 9.17) is 4.74 Å². The number of methoxy groups -OCH3 is 1. The summed E-state index contributed by atoms with van der Waals surface area (Å²) in [5.74, 6) is -0.319. The molecular formula is C16H17NO4S. The standard InChI is InChI=1S/C16H17NO4S/c1-3-21-12-9-13(11-7-5-4-6-8-11)22-15(12)16(19)17-10-14(18)20-2/h4-9H,3,10H2,1-2H3,(H,17,19). The Bertz CT molecular complexity index is 651. The van der Waals surface area contributed by atoms with E-state index in [1.807, 2.05) is 43.3 Å². The first kappa shape index (κ1) is 16.0. The lowest BCUT2D eigenvalue weighted by Gasteiger charge is -2.05. The number of rotatable bonds is 6. The van der Waals surface area contributed by atoms with Crippen LogP contribution in [-0.2, 0) is 9.53 Å². The van der Waals surface area contributed by atoms with Gasteiger partial charge in [-0.3, -0.25) is 9.59 Å². The summed E-state index contributed by atoms with van der Waals surface area (Å²) in [6.45, 7) is 2.15. The Morgan fingerprint density at radius 3 is 2.59 bits per heavy atom. The van der Waals surface area contributed by atoms with Crippen LogP contribution in [0.1, 0.15) is 16.6 Å². The average Bonchev–Trinajstić information content (AvgIpc) is 2.97. The van der Waals surface area contributed by atoms with Crippen LogP contribution in [0, 0.1) is 0 Å². The summed E-state index contributed by atoms with van der Waals surface area (Å²) in [4.78, 5) is 24.7. The number of carbonyl (C=O) groups is 2.